The molecule has 0 aliphatic heterocycles. The quantitative estimate of drug-likeness (QED) is 0.510. The van der Waals surface area contributed by atoms with Crippen LogP contribution in [0.5, 0.6) is 0 Å². The predicted octanol–water partition coefficient (Wildman–Crippen LogP) is 4.32. The highest BCUT2D eigenvalue weighted by molar-refractivity contribution is 6.05. The molecule has 0 atom stereocenters. The van der Waals surface area contributed by atoms with Crippen LogP contribution >= 0.6 is 0 Å². The third kappa shape index (κ3) is 2.85. The number of benzene rings is 2. The Hall–Kier alpha value is -3.54. The maximum absolute atomic E-state index is 14.4. The van der Waals surface area contributed by atoms with E-state index in [2.05, 4.69) is 10.1 Å². The first kappa shape index (κ1) is 16.9. The van der Waals surface area contributed by atoms with Crippen LogP contribution in [0.2, 0.25) is 0 Å². The summed E-state index contributed by atoms with van der Waals surface area (Å²) in [5, 5.41) is 4.99. The summed E-state index contributed by atoms with van der Waals surface area (Å²) in [6.45, 7) is 1.76. The van der Waals surface area contributed by atoms with E-state index in [9.17, 15) is 9.18 Å². The molecule has 2 heterocycles. The van der Waals surface area contributed by atoms with Crippen molar-refractivity contribution in [2.75, 3.05) is 7.11 Å². The zero-order valence-corrected chi connectivity index (χ0v) is 14.8. The van der Waals surface area contributed by atoms with Crippen LogP contribution in [0.25, 0.3) is 28.0 Å². The fourth-order valence-corrected chi connectivity index (χ4v) is 3.11. The van der Waals surface area contributed by atoms with E-state index < -0.39 is 11.8 Å². The number of halogens is 1. The number of nitrogens with zero attached hydrogens (tertiary/aromatic N) is 3. The van der Waals surface area contributed by atoms with Crippen molar-refractivity contribution in [3.63, 3.8) is 0 Å². The van der Waals surface area contributed by atoms with Gasteiger partial charge >= 0.3 is 5.97 Å². The average molecular weight is 361 g/mol. The van der Waals surface area contributed by atoms with E-state index >= 15 is 0 Å². The summed E-state index contributed by atoms with van der Waals surface area (Å²) in [5.41, 5.74) is 3.01. The number of rotatable bonds is 3. The number of carbonyl (C=O) groups excluding carboxylic acids is 1. The first-order valence-electron chi connectivity index (χ1n) is 8.39. The Balaban J connectivity index is 2.08. The van der Waals surface area contributed by atoms with Crippen LogP contribution in [0.3, 0.4) is 0 Å². The van der Waals surface area contributed by atoms with Gasteiger partial charge in [0.25, 0.3) is 0 Å². The fraction of sp³-hybridized carbons (Fsp3) is 0.0952. The molecule has 0 saturated carbocycles. The average Bonchev–Trinajstić information content (AvgIpc) is 3.04. The molecule has 134 valence electrons. The van der Waals surface area contributed by atoms with Crippen molar-refractivity contribution in [3.8, 4) is 16.9 Å². The van der Waals surface area contributed by atoms with Crippen LogP contribution in [-0.2, 0) is 4.74 Å². The summed E-state index contributed by atoms with van der Waals surface area (Å²) in [7, 11) is 1.33. The molecular formula is C21H16FN3O2. The number of aromatic nitrogens is 3. The highest BCUT2D eigenvalue weighted by atomic mass is 19.1. The first-order valence-corrected chi connectivity index (χ1v) is 8.39. The van der Waals surface area contributed by atoms with Gasteiger partial charge in [-0.25, -0.2) is 18.9 Å². The van der Waals surface area contributed by atoms with E-state index in [0.29, 0.717) is 28.0 Å². The molecule has 4 aromatic rings. The molecule has 0 aliphatic rings. The number of carbonyl (C=O) groups is 1. The summed E-state index contributed by atoms with van der Waals surface area (Å²) >= 11 is 0. The zero-order valence-electron chi connectivity index (χ0n) is 14.8. The molecule has 0 bridgehead atoms. The van der Waals surface area contributed by atoms with Crippen molar-refractivity contribution < 1.29 is 13.9 Å². The lowest BCUT2D eigenvalue weighted by molar-refractivity contribution is 0.0603. The van der Waals surface area contributed by atoms with Crippen molar-refractivity contribution in [2.24, 2.45) is 0 Å². The minimum atomic E-state index is -0.490. The second-order valence-corrected chi connectivity index (χ2v) is 6.06. The summed E-state index contributed by atoms with van der Waals surface area (Å²) in [5.74, 6) is -0.913. The second-order valence-electron chi connectivity index (χ2n) is 6.06. The number of pyridine rings is 1. The lowest BCUT2D eigenvalue weighted by atomic mass is 10.1. The summed E-state index contributed by atoms with van der Waals surface area (Å²) < 4.78 is 20.8. The SMILES string of the molecule is COC(=O)c1cc(-c2ccccc2)nc2c1c(C)nn2-c1ccccc1F. The molecule has 0 unspecified atom stereocenters. The van der Waals surface area contributed by atoms with Gasteiger partial charge in [0.1, 0.15) is 11.5 Å². The Morgan fingerprint density at radius 2 is 1.78 bits per heavy atom. The number of hydrogen-bond donors (Lipinski definition) is 0. The number of ether oxygens (including phenoxy) is 1. The van der Waals surface area contributed by atoms with Gasteiger partial charge in [-0.15, -0.1) is 0 Å². The minimum absolute atomic E-state index is 0.268. The molecule has 0 aliphatic carbocycles. The van der Waals surface area contributed by atoms with Gasteiger partial charge in [0.05, 0.1) is 29.4 Å². The van der Waals surface area contributed by atoms with Crippen molar-refractivity contribution in [2.45, 2.75) is 6.92 Å². The number of esters is 1. The summed E-state index contributed by atoms with van der Waals surface area (Å²) in [6.07, 6.45) is 0. The Labute approximate surface area is 155 Å². The van der Waals surface area contributed by atoms with Crippen LogP contribution < -0.4 is 0 Å². The molecule has 0 amide bonds. The lowest BCUT2D eigenvalue weighted by Crippen LogP contribution is -2.05. The van der Waals surface area contributed by atoms with Crippen LogP contribution in [0.4, 0.5) is 4.39 Å². The standard InChI is InChI=1S/C21H16FN3O2/c1-13-19-15(21(26)27-2)12-17(14-8-4-3-5-9-14)23-20(19)25(24-13)18-11-7-6-10-16(18)22/h3-12H,1-2H3. The van der Waals surface area contributed by atoms with Crippen LogP contribution in [0.1, 0.15) is 16.1 Å². The molecule has 2 aromatic heterocycles. The molecule has 0 spiro atoms. The van der Waals surface area contributed by atoms with Gasteiger partial charge in [0, 0.05) is 5.56 Å². The molecule has 4 rings (SSSR count). The van der Waals surface area contributed by atoms with Crippen molar-refractivity contribution in [1.29, 1.82) is 0 Å². The van der Waals surface area contributed by atoms with Gasteiger partial charge in [-0.3, -0.25) is 0 Å². The maximum Gasteiger partial charge on any atom is 0.338 e. The van der Waals surface area contributed by atoms with Crippen LogP contribution in [0, 0.1) is 12.7 Å². The van der Waals surface area contributed by atoms with Gasteiger partial charge in [-0.05, 0) is 25.1 Å². The van der Waals surface area contributed by atoms with Gasteiger partial charge < -0.3 is 4.74 Å². The second kappa shape index (κ2) is 6.64. The highest BCUT2D eigenvalue weighted by Crippen LogP contribution is 2.29. The molecule has 5 nitrogen and oxygen atoms in total. The predicted molar refractivity (Wildman–Crippen MR) is 100 cm³/mol. The van der Waals surface area contributed by atoms with Crippen LogP contribution in [-0.4, -0.2) is 27.8 Å². The lowest BCUT2D eigenvalue weighted by Gasteiger charge is -2.08. The van der Waals surface area contributed by atoms with E-state index in [-0.39, 0.29) is 5.69 Å². The number of para-hydroxylation sites is 1. The van der Waals surface area contributed by atoms with Crippen molar-refractivity contribution in [1.82, 2.24) is 14.8 Å². The van der Waals surface area contributed by atoms with E-state index in [1.54, 1.807) is 31.2 Å². The normalized spacial score (nSPS) is 10.9. The van der Waals surface area contributed by atoms with E-state index in [0.717, 1.165) is 5.56 Å². The molecule has 0 saturated heterocycles. The van der Waals surface area contributed by atoms with E-state index in [4.69, 9.17) is 4.74 Å². The molecule has 6 heteroatoms. The third-order valence-corrected chi connectivity index (χ3v) is 4.37. The smallest absolute Gasteiger partial charge is 0.338 e. The third-order valence-electron chi connectivity index (χ3n) is 4.37. The van der Waals surface area contributed by atoms with Gasteiger partial charge in [-0.2, -0.15) is 5.10 Å². The summed E-state index contributed by atoms with van der Waals surface area (Å²) in [4.78, 5) is 17.1. The Bertz CT molecular complexity index is 1150. The monoisotopic (exact) mass is 361 g/mol. The highest BCUT2D eigenvalue weighted by Gasteiger charge is 2.22. The topological polar surface area (TPSA) is 57.0 Å². The Kier molecular flexibility index (Phi) is 4.16. The molecule has 0 fully saturated rings. The van der Waals surface area contributed by atoms with E-state index in [1.807, 2.05) is 30.3 Å². The number of methoxy groups -OCH3 is 1. The van der Waals surface area contributed by atoms with E-state index in [1.165, 1.54) is 17.9 Å². The summed E-state index contributed by atoms with van der Waals surface area (Å²) in [6, 6.07) is 17.5. The number of hydrogen-bond acceptors (Lipinski definition) is 4. The number of aryl methyl sites for hydroxylation is 1. The van der Waals surface area contributed by atoms with Gasteiger partial charge in [0.15, 0.2) is 5.65 Å². The van der Waals surface area contributed by atoms with Crippen molar-refractivity contribution in [3.05, 3.63) is 77.7 Å². The Morgan fingerprint density at radius 1 is 1.07 bits per heavy atom. The fourth-order valence-electron chi connectivity index (χ4n) is 3.11. The minimum Gasteiger partial charge on any atom is -0.465 e. The van der Waals surface area contributed by atoms with Gasteiger partial charge in [-0.1, -0.05) is 42.5 Å². The molecule has 27 heavy (non-hydrogen) atoms. The zero-order chi connectivity index (χ0) is 19.0. The van der Waals surface area contributed by atoms with Gasteiger partial charge in [0.2, 0.25) is 0 Å². The Morgan fingerprint density at radius 3 is 2.48 bits per heavy atom. The largest absolute Gasteiger partial charge is 0.465 e. The molecular weight excluding hydrogens is 345 g/mol. The first-order chi connectivity index (χ1) is 13.1. The van der Waals surface area contributed by atoms with Crippen LogP contribution in [0.15, 0.2) is 60.7 Å². The molecule has 0 N–H and O–H groups in total. The maximum atomic E-state index is 14.4. The van der Waals surface area contributed by atoms with Crippen molar-refractivity contribution >= 4 is 17.0 Å². The molecule has 2 aromatic carbocycles. The number of fused-ring (bicyclic) bond motifs is 1. The molecule has 0 radical (unpaired) electrons.